The monoisotopic (exact) mass is 328 g/mol. The smallest absolute Gasteiger partial charge is 0.322 e. The highest BCUT2D eigenvalue weighted by Gasteiger charge is 2.52. The molecule has 1 aromatic carbocycles. The molecule has 1 aromatic heterocycles. The Bertz CT molecular complexity index is 817. The molecule has 6 nitrogen and oxygen atoms in total. The molecule has 3 heterocycles. The Balaban J connectivity index is 1.66. The van der Waals surface area contributed by atoms with Gasteiger partial charge in [0.25, 0.3) is 5.91 Å². The van der Waals surface area contributed by atoms with Gasteiger partial charge in [0, 0.05) is 5.75 Å². The molecule has 118 valence electrons. The lowest BCUT2D eigenvalue weighted by atomic mass is 9.99. The highest BCUT2D eigenvalue weighted by atomic mass is 32.2. The van der Waals surface area contributed by atoms with E-state index < -0.39 is 5.54 Å². The number of nitrogens with one attached hydrogen (secondary N) is 1. The molecule has 2 aliphatic rings. The molecule has 3 amide bonds. The van der Waals surface area contributed by atoms with Crippen LogP contribution in [0.3, 0.4) is 0 Å². The number of nitrogens with zero attached hydrogens (tertiary/aromatic N) is 3. The number of imide groups is 1. The summed E-state index contributed by atoms with van der Waals surface area (Å²) in [5.74, 6) is 1.41. The second-order valence-corrected chi connectivity index (χ2v) is 7.06. The first-order valence-corrected chi connectivity index (χ1v) is 8.69. The number of benzene rings is 1. The first-order chi connectivity index (χ1) is 11.1. The molecule has 2 aromatic rings. The van der Waals surface area contributed by atoms with Crippen LogP contribution >= 0.6 is 11.8 Å². The first-order valence-electron chi connectivity index (χ1n) is 7.53. The number of thioether (sulfide) groups is 1. The predicted octanol–water partition coefficient (Wildman–Crippen LogP) is 1.87. The van der Waals surface area contributed by atoms with Crippen LogP contribution in [0.4, 0.5) is 4.79 Å². The minimum atomic E-state index is -0.708. The zero-order valence-electron chi connectivity index (χ0n) is 12.7. The second kappa shape index (κ2) is 5.19. The fraction of sp³-hybridized carbons (Fsp3) is 0.375. The molecule has 2 saturated heterocycles. The maximum absolute atomic E-state index is 12.7. The highest BCUT2D eigenvalue weighted by molar-refractivity contribution is 7.99. The second-order valence-electron chi connectivity index (χ2n) is 5.95. The van der Waals surface area contributed by atoms with Gasteiger partial charge in [0.05, 0.1) is 29.0 Å². The average molecular weight is 328 g/mol. The van der Waals surface area contributed by atoms with Gasteiger partial charge in [-0.1, -0.05) is 12.1 Å². The molecule has 0 saturated carbocycles. The maximum Gasteiger partial charge on any atom is 0.325 e. The largest absolute Gasteiger partial charge is 0.325 e. The lowest BCUT2D eigenvalue weighted by molar-refractivity contribution is -0.130. The van der Waals surface area contributed by atoms with Gasteiger partial charge in [0.2, 0.25) is 0 Å². The minimum absolute atomic E-state index is 0.137. The van der Waals surface area contributed by atoms with Crippen LogP contribution in [0.15, 0.2) is 24.3 Å². The maximum atomic E-state index is 12.7. The summed E-state index contributed by atoms with van der Waals surface area (Å²) < 4.78 is 0. The predicted molar refractivity (Wildman–Crippen MR) is 88.0 cm³/mol. The Morgan fingerprint density at radius 2 is 2.00 bits per heavy atom. The summed E-state index contributed by atoms with van der Waals surface area (Å²) in [5, 5.41) is 2.87. The van der Waals surface area contributed by atoms with Crippen LogP contribution in [-0.4, -0.2) is 43.9 Å². The van der Waals surface area contributed by atoms with Gasteiger partial charge in [0.1, 0.15) is 5.54 Å². The van der Waals surface area contributed by atoms with E-state index in [1.54, 1.807) is 11.8 Å². The Morgan fingerprint density at radius 3 is 2.70 bits per heavy atom. The third-order valence-electron chi connectivity index (χ3n) is 4.42. The van der Waals surface area contributed by atoms with Crippen LogP contribution in [0.1, 0.15) is 17.8 Å². The fourth-order valence-electron chi connectivity index (χ4n) is 3.08. The molecule has 0 unspecified atom stereocenters. The van der Waals surface area contributed by atoms with E-state index in [1.165, 1.54) is 4.90 Å². The summed E-state index contributed by atoms with van der Waals surface area (Å²) in [4.78, 5) is 35.3. The van der Waals surface area contributed by atoms with E-state index in [9.17, 15) is 9.59 Å². The van der Waals surface area contributed by atoms with E-state index in [0.717, 1.165) is 22.5 Å². The van der Waals surface area contributed by atoms with Gasteiger partial charge >= 0.3 is 6.03 Å². The summed E-state index contributed by atoms with van der Waals surface area (Å²) >= 11 is 1.70. The number of urea groups is 1. The van der Waals surface area contributed by atoms with Crippen molar-refractivity contribution in [1.82, 2.24) is 20.2 Å². The van der Waals surface area contributed by atoms with Crippen molar-refractivity contribution in [2.45, 2.75) is 25.4 Å². The molecule has 1 N–H and O–H groups in total. The summed E-state index contributed by atoms with van der Waals surface area (Å²) in [7, 11) is 0. The van der Waals surface area contributed by atoms with E-state index in [-0.39, 0.29) is 18.5 Å². The SMILES string of the molecule is Cc1nc2ccccc2nc1CN1C(=O)N[C@@]2(CCSC2)C1=O. The van der Waals surface area contributed by atoms with E-state index in [0.29, 0.717) is 17.9 Å². The molecule has 2 aliphatic heterocycles. The number of carbonyl (C=O) groups excluding carboxylic acids is 2. The number of rotatable bonds is 2. The lowest BCUT2D eigenvalue weighted by Gasteiger charge is -2.19. The van der Waals surface area contributed by atoms with Crippen molar-refractivity contribution in [2.24, 2.45) is 0 Å². The molecule has 4 rings (SSSR count). The Hall–Kier alpha value is -2.15. The van der Waals surface area contributed by atoms with E-state index in [1.807, 2.05) is 31.2 Å². The minimum Gasteiger partial charge on any atom is -0.322 e. The highest BCUT2D eigenvalue weighted by Crippen LogP contribution is 2.34. The van der Waals surface area contributed by atoms with Crippen molar-refractivity contribution in [3.8, 4) is 0 Å². The molecular formula is C16H16N4O2S. The van der Waals surface area contributed by atoms with E-state index in [4.69, 9.17) is 0 Å². The van der Waals surface area contributed by atoms with Gasteiger partial charge < -0.3 is 5.32 Å². The quantitative estimate of drug-likeness (QED) is 0.852. The molecule has 1 atom stereocenters. The van der Waals surface area contributed by atoms with Crippen LogP contribution < -0.4 is 5.32 Å². The third-order valence-corrected chi connectivity index (χ3v) is 5.61. The summed E-state index contributed by atoms with van der Waals surface area (Å²) in [6.45, 7) is 2.02. The molecule has 23 heavy (non-hydrogen) atoms. The zero-order valence-corrected chi connectivity index (χ0v) is 13.5. The number of carbonyl (C=O) groups is 2. The van der Waals surface area contributed by atoms with Gasteiger partial charge in [-0.2, -0.15) is 11.8 Å². The van der Waals surface area contributed by atoms with E-state index >= 15 is 0 Å². The van der Waals surface area contributed by atoms with Gasteiger partial charge in [-0.3, -0.25) is 9.69 Å². The molecule has 0 bridgehead atoms. The topological polar surface area (TPSA) is 75.2 Å². The van der Waals surface area contributed by atoms with Crippen molar-refractivity contribution < 1.29 is 9.59 Å². The van der Waals surface area contributed by atoms with Crippen molar-refractivity contribution in [3.05, 3.63) is 35.7 Å². The van der Waals surface area contributed by atoms with Crippen LogP contribution in [0.5, 0.6) is 0 Å². The Morgan fingerprint density at radius 1 is 1.26 bits per heavy atom. The normalized spacial score (nSPS) is 24.0. The van der Waals surface area contributed by atoms with Gasteiger partial charge in [-0.05, 0) is 31.2 Å². The summed E-state index contributed by atoms with van der Waals surface area (Å²) in [6.07, 6.45) is 0.696. The van der Waals surface area contributed by atoms with Crippen molar-refractivity contribution in [3.63, 3.8) is 0 Å². The van der Waals surface area contributed by atoms with Gasteiger partial charge in [0.15, 0.2) is 0 Å². The van der Waals surface area contributed by atoms with Crippen LogP contribution in [0.25, 0.3) is 11.0 Å². The molecular weight excluding hydrogens is 312 g/mol. The zero-order chi connectivity index (χ0) is 16.0. The average Bonchev–Trinajstić information content (AvgIpc) is 3.09. The van der Waals surface area contributed by atoms with Crippen molar-refractivity contribution in [1.29, 1.82) is 0 Å². The number of aromatic nitrogens is 2. The van der Waals surface area contributed by atoms with E-state index in [2.05, 4.69) is 15.3 Å². The lowest BCUT2D eigenvalue weighted by Crippen LogP contribution is -2.46. The molecule has 0 radical (unpaired) electrons. The number of aryl methyl sites for hydroxylation is 1. The van der Waals surface area contributed by atoms with Crippen LogP contribution in [-0.2, 0) is 11.3 Å². The van der Waals surface area contributed by atoms with Crippen LogP contribution in [0.2, 0.25) is 0 Å². The van der Waals surface area contributed by atoms with Crippen molar-refractivity contribution >= 4 is 34.7 Å². The standard InChI is InChI=1S/C16H16N4O2S/c1-10-13(18-12-5-3-2-4-11(12)17-10)8-20-14(21)16(19-15(20)22)6-7-23-9-16/h2-5H,6-9H2,1H3,(H,19,22)/t16-/m1/s1. The number of hydrogen-bond donors (Lipinski definition) is 1. The van der Waals surface area contributed by atoms with Gasteiger partial charge in [-0.25, -0.2) is 14.8 Å². The fourth-order valence-corrected chi connectivity index (χ4v) is 4.40. The summed E-state index contributed by atoms with van der Waals surface area (Å²) in [6, 6.07) is 7.26. The Labute approximate surface area is 137 Å². The molecule has 2 fully saturated rings. The Kier molecular flexibility index (Phi) is 3.26. The summed E-state index contributed by atoms with van der Waals surface area (Å²) in [5.41, 5.74) is 2.28. The first kappa shape index (κ1) is 14.4. The number of fused-ring (bicyclic) bond motifs is 1. The van der Waals surface area contributed by atoms with Crippen molar-refractivity contribution in [2.75, 3.05) is 11.5 Å². The molecule has 7 heteroatoms. The molecule has 0 aliphatic carbocycles. The molecule has 1 spiro atoms. The van der Waals surface area contributed by atoms with Crippen LogP contribution in [0, 0.1) is 6.92 Å². The number of para-hydroxylation sites is 2. The van der Waals surface area contributed by atoms with Gasteiger partial charge in [-0.15, -0.1) is 0 Å². The number of amides is 3. The third kappa shape index (κ3) is 2.26. The number of hydrogen-bond acceptors (Lipinski definition) is 5.